The molecule has 0 spiro atoms. The number of imide groups is 1. The maximum Gasteiger partial charge on any atom is 0.519 e. The molecular formula is C51H39NO10. The average Bonchev–Trinajstić information content (AvgIpc) is 3.69. The first kappa shape index (κ1) is 39.8. The second-order valence-corrected chi connectivity index (χ2v) is 15.6. The lowest BCUT2D eigenvalue weighted by atomic mass is 9.65. The van der Waals surface area contributed by atoms with Crippen molar-refractivity contribution in [3.8, 4) is 34.1 Å². The molecule has 1 fully saturated rings. The number of amides is 2. The predicted molar refractivity (Wildman–Crippen MR) is 229 cm³/mol. The molecule has 62 heavy (non-hydrogen) atoms. The lowest BCUT2D eigenvalue weighted by molar-refractivity contribution is -0.131. The number of fused-ring (bicyclic) bond motifs is 2. The minimum Gasteiger partial charge on any atom is -0.497 e. The second kappa shape index (κ2) is 16.1. The summed E-state index contributed by atoms with van der Waals surface area (Å²) < 4.78 is 21.4. The van der Waals surface area contributed by atoms with Crippen LogP contribution in [-0.2, 0) is 10.2 Å². The van der Waals surface area contributed by atoms with Gasteiger partial charge >= 0.3 is 12.1 Å². The highest BCUT2D eigenvalue weighted by Gasteiger charge is 2.41. The Morgan fingerprint density at radius 1 is 0.532 bits per heavy atom. The number of hydrogen-bond donors (Lipinski definition) is 0. The van der Waals surface area contributed by atoms with Crippen molar-refractivity contribution >= 4 is 41.2 Å². The van der Waals surface area contributed by atoms with Crippen LogP contribution in [0.25, 0.3) is 11.1 Å². The van der Waals surface area contributed by atoms with E-state index in [0.29, 0.717) is 28.2 Å². The van der Waals surface area contributed by atoms with Gasteiger partial charge in [-0.15, -0.1) is 0 Å². The number of ketones is 2. The van der Waals surface area contributed by atoms with Crippen molar-refractivity contribution in [2.24, 2.45) is 0 Å². The third-order valence-corrected chi connectivity index (χ3v) is 12.0. The fourth-order valence-electron chi connectivity index (χ4n) is 8.95. The van der Waals surface area contributed by atoms with Gasteiger partial charge in [0.2, 0.25) is 0 Å². The second-order valence-electron chi connectivity index (χ2n) is 15.6. The fraction of sp³-hybridized carbons (Fsp3) is 0.176. The first-order valence-electron chi connectivity index (χ1n) is 20.3. The molecule has 1 atom stereocenters. The van der Waals surface area contributed by atoms with Crippen LogP contribution in [0.15, 0.2) is 133 Å². The van der Waals surface area contributed by atoms with Gasteiger partial charge in [0.25, 0.3) is 11.8 Å². The molecule has 1 aliphatic heterocycles. The summed E-state index contributed by atoms with van der Waals surface area (Å²) in [6.07, 6.45) is 4.53. The number of rotatable bonds is 9. The maximum atomic E-state index is 13.7. The quantitative estimate of drug-likeness (QED) is 0.0454. The molecule has 0 N–H and O–H groups in total. The topological polar surface area (TPSA) is 143 Å². The number of methoxy groups -OCH3 is 1. The van der Waals surface area contributed by atoms with Crippen molar-refractivity contribution in [1.82, 2.24) is 0 Å². The SMILES string of the molecule is COc1ccc(C2(c3ccc(OC(=O)Oc4ccc(N5C(=O)c6ccc(-c7ccc8c(c7)C(=O)C(c7ccc(OC(C)=O)cc7)C8=O)cc6C5=O)cc4)cc3)CCCCC2)cc1. The van der Waals surface area contributed by atoms with E-state index < -0.39 is 29.9 Å². The highest BCUT2D eigenvalue weighted by molar-refractivity contribution is 6.35. The average molecular weight is 826 g/mol. The van der Waals surface area contributed by atoms with Gasteiger partial charge < -0.3 is 18.9 Å². The number of benzene rings is 6. The number of nitrogens with zero attached hydrogens (tertiary/aromatic N) is 1. The molecule has 0 radical (unpaired) electrons. The number of hydrogen-bond acceptors (Lipinski definition) is 10. The summed E-state index contributed by atoms with van der Waals surface area (Å²) in [6.45, 7) is 1.28. The molecule has 1 heterocycles. The molecule has 2 aliphatic carbocycles. The van der Waals surface area contributed by atoms with Crippen LogP contribution in [0.3, 0.4) is 0 Å². The molecule has 3 aliphatic rings. The van der Waals surface area contributed by atoms with Crippen LogP contribution < -0.4 is 23.8 Å². The molecule has 0 bridgehead atoms. The molecule has 0 saturated heterocycles. The Hall–Kier alpha value is -7.66. The van der Waals surface area contributed by atoms with Crippen LogP contribution in [0.2, 0.25) is 0 Å². The molecule has 6 aromatic rings. The van der Waals surface area contributed by atoms with Crippen molar-refractivity contribution in [2.45, 2.75) is 50.4 Å². The van der Waals surface area contributed by atoms with Gasteiger partial charge in [-0.25, -0.2) is 9.69 Å². The van der Waals surface area contributed by atoms with Crippen molar-refractivity contribution < 1.29 is 47.7 Å². The van der Waals surface area contributed by atoms with Gasteiger partial charge in [0, 0.05) is 23.5 Å². The smallest absolute Gasteiger partial charge is 0.497 e. The van der Waals surface area contributed by atoms with Gasteiger partial charge in [-0.05, 0) is 120 Å². The van der Waals surface area contributed by atoms with E-state index in [1.807, 2.05) is 24.3 Å². The molecule has 308 valence electrons. The normalized spacial score (nSPS) is 16.4. The summed E-state index contributed by atoms with van der Waals surface area (Å²) in [5.41, 5.74) is 5.07. The zero-order chi connectivity index (χ0) is 43.1. The van der Waals surface area contributed by atoms with Gasteiger partial charge in [-0.1, -0.05) is 73.9 Å². The zero-order valence-corrected chi connectivity index (χ0v) is 33.8. The molecule has 6 aromatic carbocycles. The van der Waals surface area contributed by atoms with E-state index in [1.54, 1.807) is 67.8 Å². The van der Waals surface area contributed by atoms with E-state index in [1.165, 1.54) is 55.3 Å². The van der Waals surface area contributed by atoms with Crippen molar-refractivity contribution in [2.75, 3.05) is 12.0 Å². The highest BCUT2D eigenvalue weighted by atomic mass is 16.7. The minimum absolute atomic E-state index is 0.143. The largest absolute Gasteiger partial charge is 0.519 e. The molecule has 0 aromatic heterocycles. The minimum atomic E-state index is -1.04. The zero-order valence-electron chi connectivity index (χ0n) is 33.8. The van der Waals surface area contributed by atoms with Gasteiger partial charge in [0.05, 0.1) is 23.9 Å². The van der Waals surface area contributed by atoms with Gasteiger partial charge in [0.15, 0.2) is 11.6 Å². The van der Waals surface area contributed by atoms with Gasteiger partial charge in [0.1, 0.15) is 28.9 Å². The summed E-state index contributed by atoms with van der Waals surface area (Å²) in [6, 6.07) is 37.7. The Balaban J connectivity index is 0.856. The Morgan fingerprint density at radius 3 is 1.60 bits per heavy atom. The first-order chi connectivity index (χ1) is 30.0. The number of carbonyl (C=O) groups excluding carboxylic acids is 6. The fourth-order valence-corrected chi connectivity index (χ4v) is 8.95. The predicted octanol–water partition coefficient (Wildman–Crippen LogP) is 10.1. The molecule has 1 saturated carbocycles. The molecule has 2 amide bonds. The third kappa shape index (κ3) is 7.21. The van der Waals surface area contributed by atoms with Gasteiger partial charge in [-0.3, -0.25) is 24.0 Å². The molecule has 11 nitrogen and oxygen atoms in total. The Labute approximate surface area is 356 Å². The highest BCUT2D eigenvalue weighted by Crippen LogP contribution is 2.46. The summed E-state index contributed by atoms with van der Waals surface area (Å²) >= 11 is 0. The molecular weight excluding hydrogens is 787 g/mol. The summed E-state index contributed by atoms with van der Waals surface area (Å²) in [5.74, 6) is -1.70. The first-order valence-corrected chi connectivity index (χ1v) is 20.3. The summed E-state index contributed by atoms with van der Waals surface area (Å²) in [5, 5.41) is 0. The lowest BCUT2D eigenvalue weighted by Gasteiger charge is -2.38. The van der Waals surface area contributed by atoms with Crippen LogP contribution >= 0.6 is 0 Å². The van der Waals surface area contributed by atoms with E-state index in [0.717, 1.165) is 41.9 Å². The van der Waals surface area contributed by atoms with Crippen LogP contribution in [0.4, 0.5) is 10.5 Å². The van der Waals surface area contributed by atoms with Crippen LogP contribution in [0.5, 0.6) is 23.0 Å². The third-order valence-electron chi connectivity index (χ3n) is 12.0. The number of carbonyl (C=O) groups is 6. The maximum absolute atomic E-state index is 13.7. The summed E-state index contributed by atoms with van der Waals surface area (Å²) in [4.78, 5) is 79.4. The molecule has 9 rings (SSSR count). The van der Waals surface area contributed by atoms with E-state index in [2.05, 4.69) is 12.1 Å². The number of anilines is 1. The monoisotopic (exact) mass is 825 g/mol. The number of ether oxygens (including phenoxy) is 4. The molecule has 11 heteroatoms. The van der Waals surface area contributed by atoms with Crippen molar-refractivity contribution in [1.29, 1.82) is 0 Å². The van der Waals surface area contributed by atoms with Crippen molar-refractivity contribution in [3.05, 3.63) is 172 Å². The Bertz CT molecular complexity index is 2790. The Kier molecular flexibility index (Phi) is 10.3. The number of esters is 1. The van der Waals surface area contributed by atoms with Gasteiger partial charge in [-0.2, -0.15) is 0 Å². The number of Topliss-reactive ketones (excluding diaryl/α,β-unsaturated/α-hetero) is 2. The molecule has 1 unspecified atom stereocenters. The lowest BCUT2D eigenvalue weighted by Crippen LogP contribution is -2.30. The van der Waals surface area contributed by atoms with E-state index in [-0.39, 0.29) is 50.7 Å². The van der Waals surface area contributed by atoms with E-state index >= 15 is 0 Å². The van der Waals surface area contributed by atoms with Crippen LogP contribution in [-0.4, -0.2) is 42.6 Å². The van der Waals surface area contributed by atoms with E-state index in [4.69, 9.17) is 18.9 Å². The van der Waals surface area contributed by atoms with Crippen molar-refractivity contribution in [3.63, 3.8) is 0 Å². The standard InChI is InChI=1S/C51H39NO10/c1-30(53)60-38-16-6-31(7-17-38)45-46(54)41-24-8-32(28-43(41)47(45)55)33-9-25-42-44(29-33)49(57)52(48(42)56)36-14-22-40(23-15-36)62-50(58)61-39-20-12-35(13-21-39)51(26-4-3-5-27-51)34-10-18-37(59-2)19-11-34/h6-25,28-29,45H,3-5,26-27H2,1-2H3. The van der Waals surface area contributed by atoms with E-state index in [9.17, 15) is 28.8 Å². The summed E-state index contributed by atoms with van der Waals surface area (Å²) in [7, 11) is 1.66. The van der Waals surface area contributed by atoms with Crippen LogP contribution in [0.1, 0.15) is 103 Å². The van der Waals surface area contributed by atoms with Crippen LogP contribution in [0, 0.1) is 0 Å². The Morgan fingerprint density at radius 2 is 1.02 bits per heavy atom.